The van der Waals surface area contributed by atoms with Crippen LogP contribution in [0, 0.1) is 28.7 Å². The molecule has 146 valence electrons. The predicted octanol–water partition coefficient (Wildman–Crippen LogP) is 2.98. The Kier molecular flexibility index (Phi) is 5.20. The Labute approximate surface area is 171 Å². The molecule has 1 amide bonds. The van der Waals surface area contributed by atoms with Crippen LogP contribution in [0.15, 0.2) is 36.4 Å². The first-order valence-electron chi connectivity index (χ1n) is 9.90. The maximum Gasteiger partial charge on any atom is 0.231 e. The lowest BCUT2D eigenvalue weighted by Gasteiger charge is -2.28. The topological polar surface area (TPSA) is 83.2 Å². The van der Waals surface area contributed by atoms with Crippen LogP contribution in [-0.2, 0) is 17.9 Å². The predicted molar refractivity (Wildman–Crippen MR) is 110 cm³/mol. The Bertz CT molecular complexity index is 1010. The summed E-state index contributed by atoms with van der Waals surface area (Å²) < 4.78 is 0. The van der Waals surface area contributed by atoms with Crippen molar-refractivity contribution in [1.82, 2.24) is 10.2 Å². The van der Waals surface area contributed by atoms with Crippen molar-refractivity contribution in [3.63, 3.8) is 0 Å². The molecule has 1 saturated heterocycles. The van der Waals surface area contributed by atoms with Crippen LogP contribution in [0.1, 0.15) is 29.5 Å². The van der Waals surface area contributed by atoms with Gasteiger partial charge in [0.15, 0.2) is 6.19 Å². The summed E-state index contributed by atoms with van der Waals surface area (Å²) in [6.07, 6.45) is 4.16. The summed E-state index contributed by atoms with van der Waals surface area (Å²) in [5, 5.41) is 21.8. The van der Waals surface area contributed by atoms with Gasteiger partial charge in [-0.15, -0.1) is 0 Å². The minimum absolute atomic E-state index is 0.00373. The molecule has 6 nitrogen and oxygen atoms in total. The molecule has 29 heavy (non-hydrogen) atoms. The van der Waals surface area contributed by atoms with Gasteiger partial charge in [0.1, 0.15) is 0 Å². The van der Waals surface area contributed by atoms with Crippen molar-refractivity contribution >= 4 is 11.6 Å². The van der Waals surface area contributed by atoms with Crippen molar-refractivity contribution in [2.75, 3.05) is 25.0 Å². The Morgan fingerprint density at radius 1 is 1.21 bits per heavy atom. The van der Waals surface area contributed by atoms with Crippen molar-refractivity contribution in [3.05, 3.63) is 53.1 Å². The van der Waals surface area contributed by atoms with Crippen LogP contribution < -0.4 is 10.2 Å². The van der Waals surface area contributed by atoms with Gasteiger partial charge in [-0.1, -0.05) is 12.1 Å². The average molecular weight is 385 g/mol. The SMILES string of the molecule is CN(C(=O)[C@@H]1CCCNC1)c1cc2c(c(-c3ccc(C#N)cc3)c1)CN(C#N)C2. The number of nitriles is 2. The largest absolute Gasteiger partial charge is 0.316 e. The van der Waals surface area contributed by atoms with E-state index in [1.807, 2.05) is 31.3 Å². The number of nitrogens with one attached hydrogen (secondary N) is 1. The van der Waals surface area contributed by atoms with E-state index in [1.165, 1.54) is 0 Å². The Hall–Kier alpha value is -3.35. The Morgan fingerprint density at radius 3 is 2.66 bits per heavy atom. The molecule has 2 aromatic rings. The smallest absolute Gasteiger partial charge is 0.231 e. The highest BCUT2D eigenvalue weighted by Gasteiger charge is 2.28. The lowest BCUT2D eigenvalue weighted by molar-refractivity contribution is -0.122. The molecule has 2 heterocycles. The highest BCUT2D eigenvalue weighted by Crippen LogP contribution is 2.37. The number of hydrogen-bond acceptors (Lipinski definition) is 5. The van der Waals surface area contributed by atoms with Crippen molar-refractivity contribution in [2.45, 2.75) is 25.9 Å². The summed E-state index contributed by atoms with van der Waals surface area (Å²) in [4.78, 5) is 16.5. The maximum atomic E-state index is 13.0. The molecular formula is C23H23N5O. The van der Waals surface area contributed by atoms with E-state index in [1.54, 1.807) is 21.9 Å². The summed E-state index contributed by atoms with van der Waals surface area (Å²) in [6.45, 7) is 2.81. The number of carbonyl (C=O) groups excluding carboxylic acids is 1. The molecule has 2 aliphatic heterocycles. The van der Waals surface area contributed by atoms with Gasteiger partial charge in [-0.25, -0.2) is 0 Å². The van der Waals surface area contributed by atoms with E-state index < -0.39 is 0 Å². The number of rotatable bonds is 3. The first-order chi connectivity index (χ1) is 14.1. The zero-order chi connectivity index (χ0) is 20.4. The molecule has 2 aliphatic rings. The monoisotopic (exact) mass is 385 g/mol. The Balaban J connectivity index is 1.73. The van der Waals surface area contributed by atoms with Crippen molar-refractivity contribution in [2.24, 2.45) is 5.92 Å². The Morgan fingerprint density at radius 2 is 2.00 bits per heavy atom. The van der Waals surface area contributed by atoms with Crippen LogP contribution in [-0.4, -0.2) is 30.9 Å². The quantitative estimate of drug-likeness (QED) is 0.822. The molecule has 1 atom stereocenters. The number of anilines is 1. The summed E-state index contributed by atoms with van der Waals surface area (Å²) in [5.74, 6) is 0.119. The first-order valence-corrected chi connectivity index (χ1v) is 9.90. The molecule has 4 rings (SSSR count). The highest BCUT2D eigenvalue weighted by molar-refractivity contribution is 5.96. The van der Waals surface area contributed by atoms with Gasteiger partial charge >= 0.3 is 0 Å². The van der Waals surface area contributed by atoms with Crippen LogP contribution in [0.4, 0.5) is 5.69 Å². The summed E-state index contributed by atoms with van der Waals surface area (Å²) in [7, 11) is 1.83. The number of benzene rings is 2. The lowest BCUT2D eigenvalue weighted by Crippen LogP contribution is -2.41. The number of carbonyl (C=O) groups is 1. The van der Waals surface area contributed by atoms with Gasteiger partial charge in [-0.2, -0.15) is 10.5 Å². The van der Waals surface area contributed by atoms with Crippen LogP contribution in [0.25, 0.3) is 11.1 Å². The number of hydrogen-bond donors (Lipinski definition) is 1. The third-order valence-electron chi connectivity index (χ3n) is 5.87. The molecule has 0 aromatic heterocycles. The maximum absolute atomic E-state index is 13.0. The van der Waals surface area contributed by atoms with E-state index in [-0.39, 0.29) is 11.8 Å². The zero-order valence-electron chi connectivity index (χ0n) is 16.5. The molecule has 0 aliphatic carbocycles. The second-order valence-electron chi connectivity index (χ2n) is 7.72. The van der Waals surface area contributed by atoms with E-state index in [4.69, 9.17) is 5.26 Å². The molecule has 0 radical (unpaired) electrons. The van der Waals surface area contributed by atoms with Crippen molar-refractivity contribution in [1.29, 1.82) is 10.5 Å². The molecule has 6 heteroatoms. The third-order valence-corrected chi connectivity index (χ3v) is 5.87. The molecule has 0 unspecified atom stereocenters. The van der Waals surface area contributed by atoms with Crippen LogP contribution >= 0.6 is 0 Å². The second-order valence-corrected chi connectivity index (χ2v) is 7.72. The minimum Gasteiger partial charge on any atom is -0.316 e. The first kappa shape index (κ1) is 19.0. The molecular weight excluding hydrogens is 362 g/mol. The molecule has 1 N–H and O–H groups in total. The lowest BCUT2D eigenvalue weighted by atomic mass is 9.94. The average Bonchev–Trinajstić information content (AvgIpc) is 3.21. The molecule has 2 aromatic carbocycles. The normalized spacial score (nSPS) is 17.9. The fraction of sp³-hybridized carbons (Fsp3) is 0.348. The van der Waals surface area contributed by atoms with Gasteiger partial charge < -0.3 is 15.1 Å². The highest BCUT2D eigenvalue weighted by atomic mass is 16.2. The number of piperidine rings is 1. The summed E-state index contributed by atoms with van der Waals surface area (Å²) in [5.41, 5.74) is 5.64. The second kappa shape index (κ2) is 7.95. The minimum atomic E-state index is -0.00373. The fourth-order valence-corrected chi connectivity index (χ4v) is 4.21. The van der Waals surface area contributed by atoms with Gasteiger partial charge in [0.2, 0.25) is 5.91 Å². The molecule has 0 spiro atoms. The van der Waals surface area contributed by atoms with E-state index in [2.05, 4.69) is 17.6 Å². The third kappa shape index (κ3) is 3.68. The van der Waals surface area contributed by atoms with E-state index >= 15 is 0 Å². The van der Waals surface area contributed by atoms with Crippen LogP contribution in [0.5, 0.6) is 0 Å². The summed E-state index contributed by atoms with van der Waals surface area (Å²) in [6, 6.07) is 13.7. The molecule has 0 bridgehead atoms. The molecule has 0 saturated carbocycles. The van der Waals surface area contributed by atoms with E-state index in [0.717, 1.165) is 53.9 Å². The van der Waals surface area contributed by atoms with E-state index in [9.17, 15) is 10.1 Å². The summed E-state index contributed by atoms with van der Waals surface area (Å²) >= 11 is 0. The fourth-order valence-electron chi connectivity index (χ4n) is 4.21. The van der Waals surface area contributed by atoms with Gasteiger partial charge in [0.25, 0.3) is 0 Å². The van der Waals surface area contributed by atoms with Crippen LogP contribution in [0.2, 0.25) is 0 Å². The van der Waals surface area contributed by atoms with Gasteiger partial charge in [0, 0.05) is 19.3 Å². The van der Waals surface area contributed by atoms with Crippen molar-refractivity contribution in [3.8, 4) is 23.4 Å². The number of fused-ring (bicyclic) bond motifs is 1. The van der Waals surface area contributed by atoms with Crippen LogP contribution in [0.3, 0.4) is 0 Å². The zero-order valence-corrected chi connectivity index (χ0v) is 16.5. The van der Waals surface area contributed by atoms with Gasteiger partial charge in [-0.05, 0) is 65.9 Å². The standard InChI is InChI=1S/C23H23N5O/c1-27(23(29)18-3-2-8-26-12-18)20-9-19-13-28(15-25)14-22(19)21(10-20)17-6-4-16(11-24)5-7-17/h4-7,9-10,18,26H,2-3,8,12-14H2,1H3/t18-/m1/s1. The number of amides is 1. The number of nitrogens with zero attached hydrogens (tertiary/aromatic N) is 4. The van der Waals surface area contributed by atoms with E-state index in [0.29, 0.717) is 18.7 Å². The van der Waals surface area contributed by atoms with Crippen molar-refractivity contribution < 1.29 is 4.79 Å². The van der Waals surface area contributed by atoms with Gasteiger partial charge in [0.05, 0.1) is 30.6 Å². The van der Waals surface area contributed by atoms with Gasteiger partial charge in [-0.3, -0.25) is 4.79 Å². The molecule has 1 fully saturated rings.